The van der Waals surface area contributed by atoms with Gasteiger partial charge >= 0.3 is 0 Å². The third kappa shape index (κ3) is 6.64. The van der Waals surface area contributed by atoms with Crippen molar-refractivity contribution in [2.45, 2.75) is 77.7 Å². The number of aromatic nitrogens is 2. The summed E-state index contributed by atoms with van der Waals surface area (Å²) in [6, 6.07) is 10.5. The van der Waals surface area contributed by atoms with Gasteiger partial charge in [-0.3, -0.25) is 0 Å². The van der Waals surface area contributed by atoms with Crippen LogP contribution in [0.15, 0.2) is 43.0 Å². The van der Waals surface area contributed by atoms with E-state index >= 15 is 0 Å². The standard InChI is InChI=1S/C21H35N2Si/c1-5-6-7-10-20-11-13-21(14-12-20)23-17-16-22(19-23)15-8-9-18-24(2,3)4/h11-14,16-17,19H,5-10,15,18H2,1-4H3/q+1. The first kappa shape index (κ1) is 19.0. The van der Waals surface area contributed by atoms with Crippen LogP contribution in [0.3, 0.4) is 0 Å². The molecule has 3 heteroatoms. The number of hydrogen-bond acceptors (Lipinski definition) is 0. The van der Waals surface area contributed by atoms with E-state index in [9.17, 15) is 0 Å². The minimum atomic E-state index is -0.875. The lowest BCUT2D eigenvalue weighted by Gasteiger charge is -2.14. The molecule has 0 unspecified atom stereocenters. The van der Waals surface area contributed by atoms with Crippen molar-refractivity contribution in [3.05, 3.63) is 48.5 Å². The Morgan fingerprint density at radius 3 is 2.38 bits per heavy atom. The molecule has 2 nitrogen and oxygen atoms in total. The molecule has 24 heavy (non-hydrogen) atoms. The van der Waals surface area contributed by atoms with Crippen LogP contribution in [0.2, 0.25) is 25.7 Å². The van der Waals surface area contributed by atoms with Crippen molar-refractivity contribution in [2.75, 3.05) is 0 Å². The number of aryl methyl sites for hydroxylation is 2. The minimum Gasteiger partial charge on any atom is -0.236 e. The zero-order chi connectivity index (χ0) is 17.4. The Kier molecular flexibility index (Phi) is 7.29. The van der Waals surface area contributed by atoms with Gasteiger partial charge in [-0.25, -0.2) is 9.13 Å². The van der Waals surface area contributed by atoms with E-state index in [4.69, 9.17) is 0 Å². The van der Waals surface area contributed by atoms with Crippen molar-refractivity contribution < 1.29 is 4.57 Å². The van der Waals surface area contributed by atoms with Gasteiger partial charge in [0.05, 0.1) is 6.54 Å². The summed E-state index contributed by atoms with van der Waals surface area (Å²) in [5.74, 6) is 0. The highest BCUT2D eigenvalue weighted by Crippen LogP contribution is 2.13. The molecule has 1 aromatic heterocycles. The number of hydrogen-bond donors (Lipinski definition) is 0. The Morgan fingerprint density at radius 2 is 1.71 bits per heavy atom. The molecular formula is C21H35N2Si+. The smallest absolute Gasteiger partial charge is 0.236 e. The van der Waals surface area contributed by atoms with Gasteiger partial charge in [0.25, 0.3) is 0 Å². The first-order valence-electron chi connectivity index (χ1n) is 9.64. The van der Waals surface area contributed by atoms with Gasteiger partial charge in [0, 0.05) is 8.07 Å². The van der Waals surface area contributed by atoms with Crippen molar-refractivity contribution in [1.82, 2.24) is 4.57 Å². The summed E-state index contributed by atoms with van der Waals surface area (Å²) in [7, 11) is -0.875. The Bertz CT molecular complexity index is 593. The van der Waals surface area contributed by atoms with Crippen LogP contribution in [0.4, 0.5) is 0 Å². The Hall–Kier alpha value is -1.35. The number of benzene rings is 1. The zero-order valence-electron chi connectivity index (χ0n) is 16.1. The molecule has 0 fully saturated rings. The van der Waals surface area contributed by atoms with E-state index in [0.717, 1.165) is 6.54 Å². The number of nitrogens with zero attached hydrogens (tertiary/aromatic N) is 2. The second-order valence-corrected chi connectivity index (χ2v) is 13.8. The summed E-state index contributed by atoms with van der Waals surface area (Å²) in [5.41, 5.74) is 2.72. The van der Waals surface area contributed by atoms with Gasteiger partial charge in [-0.05, 0) is 37.0 Å². The number of imidazole rings is 1. The van der Waals surface area contributed by atoms with Gasteiger partial charge in [0.15, 0.2) is 0 Å². The fraction of sp³-hybridized carbons (Fsp3) is 0.571. The molecule has 1 aromatic carbocycles. The summed E-state index contributed by atoms with van der Waals surface area (Å²) in [6.07, 6.45) is 14.4. The van der Waals surface area contributed by atoms with Crippen molar-refractivity contribution in [3.63, 3.8) is 0 Å². The molecule has 132 valence electrons. The second-order valence-electron chi connectivity index (χ2n) is 8.20. The summed E-state index contributed by atoms with van der Waals surface area (Å²) in [4.78, 5) is 0. The molecule has 2 aromatic rings. The number of rotatable bonds is 10. The Labute approximate surface area is 149 Å². The largest absolute Gasteiger partial charge is 0.248 e. The highest BCUT2D eigenvalue weighted by molar-refractivity contribution is 6.76. The van der Waals surface area contributed by atoms with Crippen LogP contribution in [0.5, 0.6) is 0 Å². The molecule has 0 N–H and O–H groups in total. The maximum absolute atomic E-state index is 2.46. The van der Waals surface area contributed by atoms with Gasteiger partial charge in [-0.1, -0.05) is 64.0 Å². The van der Waals surface area contributed by atoms with E-state index in [0.29, 0.717) is 0 Å². The minimum absolute atomic E-state index is 0.875. The van der Waals surface area contributed by atoms with Crippen molar-refractivity contribution in [1.29, 1.82) is 0 Å². The fourth-order valence-electron chi connectivity index (χ4n) is 3.04. The van der Waals surface area contributed by atoms with Crippen molar-refractivity contribution in [2.24, 2.45) is 0 Å². The normalized spacial score (nSPS) is 11.8. The third-order valence-corrected chi connectivity index (χ3v) is 6.44. The summed E-state index contributed by atoms with van der Waals surface area (Å²) >= 11 is 0. The molecule has 0 saturated carbocycles. The first-order chi connectivity index (χ1) is 11.5. The predicted octanol–water partition coefficient (Wildman–Crippen LogP) is 5.62. The second kappa shape index (κ2) is 9.21. The lowest BCUT2D eigenvalue weighted by atomic mass is 10.1. The maximum atomic E-state index is 2.46. The number of unbranched alkanes of at least 4 members (excludes halogenated alkanes) is 3. The first-order valence-corrected chi connectivity index (χ1v) is 13.3. The SMILES string of the molecule is CCCCCc1ccc(-n2cc[n+](CCCC[Si](C)(C)C)c2)cc1. The lowest BCUT2D eigenvalue weighted by Crippen LogP contribution is -2.31. The highest BCUT2D eigenvalue weighted by Gasteiger charge is 2.12. The Balaban J connectivity index is 1.83. The zero-order valence-corrected chi connectivity index (χ0v) is 17.1. The molecule has 0 amide bonds. The van der Waals surface area contributed by atoms with Gasteiger partial charge < -0.3 is 0 Å². The molecule has 0 aliphatic carbocycles. The van der Waals surface area contributed by atoms with Crippen LogP contribution in [-0.2, 0) is 13.0 Å². The molecule has 0 saturated heterocycles. The van der Waals surface area contributed by atoms with E-state index < -0.39 is 8.07 Å². The van der Waals surface area contributed by atoms with Crippen LogP contribution in [-0.4, -0.2) is 12.6 Å². The van der Waals surface area contributed by atoms with Crippen molar-refractivity contribution in [3.8, 4) is 5.69 Å². The summed E-state index contributed by atoms with van der Waals surface area (Å²) in [5, 5.41) is 0. The highest BCUT2D eigenvalue weighted by atomic mass is 28.3. The maximum Gasteiger partial charge on any atom is 0.248 e. The lowest BCUT2D eigenvalue weighted by molar-refractivity contribution is -0.696. The monoisotopic (exact) mass is 343 g/mol. The average molecular weight is 344 g/mol. The van der Waals surface area contributed by atoms with Crippen LogP contribution >= 0.6 is 0 Å². The van der Waals surface area contributed by atoms with Gasteiger partial charge in [-0.2, -0.15) is 0 Å². The molecular weight excluding hydrogens is 308 g/mol. The van der Waals surface area contributed by atoms with E-state index in [1.807, 2.05) is 0 Å². The molecule has 0 spiro atoms. The predicted molar refractivity (Wildman–Crippen MR) is 107 cm³/mol. The summed E-state index contributed by atoms with van der Waals surface area (Å²) in [6.45, 7) is 10.8. The average Bonchev–Trinajstić information content (AvgIpc) is 3.00. The van der Waals surface area contributed by atoms with Crippen LogP contribution in [0.1, 0.15) is 44.6 Å². The van der Waals surface area contributed by atoms with Gasteiger partial charge in [0.2, 0.25) is 6.33 Å². The van der Waals surface area contributed by atoms with E-state index in [1.165, 1.54) is 55.8 Å². The Morgan fingerprint density at radius 1 is 0.958 bits per heavy atom. The third-order valence-electron chi connectivity index (χ3n) is 4.59. The molecule has 0 aliphatic heterocycles. The molecule has 1 heterocycles. The summed E-state index contributed by atoms with van der Waals surface area (Å²) < 4.78 is 4.55. The van der Waals surface area contributed by atoms with E-state index in [2.05, 4.69) is 78.7 Å². The van der Waals surface area contributed by atoms with Crippen LogP contribution in [0, 0.1) is 0 Å². The molecule has 0 bridgehead atoms. The molecule has 0 radical (unpaired) electrons. The molecule has 0 aliphatic rings. The van der Waals surface area contributed by atoms with Crippen LogP contribution in [0.25, 0.3) is 5.69 Å². The van der Waals surface area contributed by atoms with Gasteiger partial charge in [0.1, 0.15) is 18.1 Å². The quantitative estimate of drug-likeness (QED) is 0.301. The van der Waals surface area contributed by atoms with Crippen LogP contribution < -0.4 is 4.57 Å². The fourth-order valence-corrected chi connectivity index (χ4v) is 4.35. The molecule has 0 atom stereocenters. The molecule has 2 rings (SSSR count). The topological polar surface area (TPSA) is 8.81 Å². The van der Waals surface area contributed by atoms with E-state index in [-0.39, 0.29) is 0 Å². The van der Waals surface area contributed by atoms with Crippen molar-refractivity contribution >= 4 is 8.07 Å². The van der Waals surface area contributed by atoms with Gasteiger partial charge in [-0.15, -0.1) is 0 Å². The van der Waals surface area contributed by atoms with E-state index in [1.54, 1.807) is 0 Å².